The Kier molecular flexibility index (Phi) is 4.58. The van der Waals surface area contributed by atoms with Gasteiger partial charge in [-0.3, -0.25) is 9.78 Å². The number of pyridine rings is 1. The number of rotatable bonds is 2. The van der Waals surface area contributed by atoms with Crippen molar-refractivity contribution in [2.24, 2.45) is 0 Å². The molecule has 0 atom stereocenters. The minimum atomic E-state index is -4.44. The minimum absolute atomic E-state index is 0.142. The lowest BCUT2D eigenvalue weighted by molar-refractivity contribution is -0.137. The molecule has 1 aromatic carbocycles. The number of aromatic nitrogens is 1. The zero-order valence-corrected chi connectivity index (χ0v) is 15.6. The van der Waals surface area contributed by atoms with Gasteiger partial charge in [-0.05, 0) is 30.7 Å². The molecular formula is C20H15F3N2O2S. The average molecular weight is 404 g/mol. The van der Waals surface area contributed by atoms with Crippen molar-refractivity contribution in [3.8, 4) is 5.75 Å². The Hall–Kier alpha value is -2.87. The maximum Gasteiger partial charge on any atom is 0.416 e. The lowest BCUT2D eigenvalue weighted by Gasteiger charge is -2.21. The van der Waals surface area contributed by atoms with Crippen LogP contribution in [0.3, 0.4) is 0 Å². The van der Waals surface area contributed by atoms with Gasteiger partial charge in [-0.1, -0.05) is 6.07 Å². The number of benzene rings is 1. The first kappa shape index (κ1) is 18.5. The van der Waals surface area contributed by atoms with E-state index in [4.69, 9.17) is 4.74 Å². The van der Waals surface area contributed by atoms with Crippen LogP contribution in [0.4, 0.5) is 18.9 Å². The molecule has 0 unspecified atom stereocenters. The highest BCUT2D eigenvalue weighted by atomic mass is 32.1. The van der Waals surface area contributed by atoms with Gasteiger partial charge in [0.2, 0.25) is 5.91 Å². The number of fused-ring (bicyclic) bond motifs is 2. The van der Waals surface area contributed by atoms with Crippen LogP contribution in [-0.4, -0.2) is 17.5 Å². The summed E-state index contributed by atoms with van der Waals surface area (Å²) in [5, 5.41) is 3.80. The molecule has 2 aromatic heterocycles. The van der Waals surface area contributed by atoms with Crippen molar-refractivity contribution in [1.29, 1.82) is 0 Å². The van der Waals surface area contributed by atoms with Gasteiger partial charge in [-0.2, -0.15) is 13.2 Å². The predicted molar refractivity (Wildman–Crippen MR) is 103 cm³/mol. The van der Waals surface area contributed by atoms with Crippen LogP contribution < -0.4 is 10.1 Å². The summed E-state index contributed by atoms with van der Waals surface area (Å²) >= 11 is 1.53. The second kappa shape index (κ2) is 6.94. The summed E-state index contributed by atoms with van der Waals surface area (Å²) < 4.78 is 45.1. The number of amides is 1. The van der Waals surface area contributed by atoms with Gasteiger partial charge in [-0.15, -0.1) is 11.3 Å². The highest BCUT2D eigenvalue weighted by Gasteiger charge is 2.32. The Bertz CT molecular complexity index is 1100. The molecule has 28 heavy (non-hydrogen) atoms. The van der Waals surface area contributed by atoms with Crippen molar-refractivity contribution in [3.05, 3.63) is 58.7 Å². The number of carbonyl (C=O) groups excluding carboxylic acids is 1. The summed E-state index contributed by atoms with van der Waals surface area (Å²) in [5.41, 5.74) is 1.10. The van der Waals surface area contributed by atoms with Crippen molar-refractivity contribution in [1.82, 2.24) is 4.98 Å². The van der Waals surface area contributed by atoms with Crippen LogP contribution in [0, 0.1) is 6.92 Å². The summed E-state index contributed by atoms with van der Waals surface area (Å²) in [4.78, 5) is 17.6. The molecule has 3 heterocycles. The standard InChI is InChI=1S/C20H15F3N2O2S/c1-11-19(15-4-6-24-10-17(15)28-11)25-18(26)8-12-5-7-27-16-9-13(20(21,22)23)2-3-14(12)16/h2-4,6,8-10H,5,7H2,1H3,(H,25,26). The first-order valence-electron chi connectivity index (χ1n) is 8.52. The Morgan fingerprint density at radius 2 is 2.14 bits per heavy atom. The average Bonchev–Trinajstić information content (AvgIpc) is 2.96. The zero-order chi connectivity index (χ0) is 19.9. The smallest absolute Gasteiger partial charge is 0.416 e. The Labute approximate surface area is 162 Å². The number of nitrogens with zero attached hydrogens (tertiary/aromatic N) is 1. The summed E-state index contributed by atoms with van der Waals surface area (Å²) in [6.07, 6.45) is 0.838. The lowest BCUT2D eigenvalue weighted by Crippen LogP contribution is -2.14. The van der Waals surface area contributed by atoms with Crippen LogP contribution in [0.2, 0.25) is 0 Å². The van der Waals surface area contributed by atoms with E-state index in [2.05, 4.69) is 10.3 Å². The third-order valence-electron chi connectivity index (χ3n) is 4.51. The molecule has 1 aliphatic heterocycles. The summed E-state index contributed by atoms with van der Waals surface area (Å²) in [5.74, 6) is -0.189. The number of hydrogen-bond donors (Lipinski definition) is 1. The largest absolute Gasteiger partial charge is 0.493 e. The van der Waals surface area contributed by atoms with Crippen LogP contribution in [0.5, 0.6) is 5.75 Å². The molecule has 144 valence electrons. The molecule has 0 fully saturated rings. The van der Waals surface area contributed by atoms with Crippen LogP contribution in [0.15, 0.2) is 42.7 Å². The van der Waals surface area contributed by atoms with Crippen molar-refractivity contribution in [2.45, 2.75) is 19.5 Å². The molecule has 1 amide bonds. The molecular weight excluding hydrogens is 389 g/mol. The first-order chi connectivity index (χ1) is 13.3. The molecule has 0 bridgehead atoms. The molecule has 3 aromatic rings. The second-order valence-electron chi connectivity index (χ2n) is 6.37. The van der Waals surface area contributed by atoms with E-state index in [0.717, 1.165) is 32.8 Å². The molecule has 1 aliphatic rings. The third kappa shape index (κ3) is 3.47. The van der Waals surface area contributed by atoms with Gasteiger partial charge in [0.25, 0.3) is 0 Å². The number of nitrogens with one attached hydrogen (secondary N) is 1. The van der Waals surface area contributed by atoms with Crippen LogP contribution in [0.25, 0.3) is 15.7 Å². The maximum atomic E-state index is 12.9. The lowest BCUT2D eigenvalue weighted by atomic mass is 9.97. The van der Waals surface area contributed by atoms with E-state index in [1.54, 1.807) is 12.4 Å². The molecule has 0 saturated heterocycles. The number of aryl methyl sites for hydroxylation is 1. The predicted octanol–water partition coefficient (Wildman–Crippen LogP) is 5.43. The van der Waals surface area contributed by atoms with Crippen LogP contribution in [-0.2, 0) is 11.0 Å². The van der Waals surface area contributed by atoms with E-state index < -0.39 is 11.7 Å². The van der Waals surface area contributed by atoms with E-state index in [9.17, 15) is 18.0 Å². The molecule has 0 spiro atoms. The van der Waals surface area contributed by atoms with Crippen molar-refractivity contribution in [2.75, 3.05) is 11.9 Å². The van der Waals surface area contributed by atoms with E-state index >= 15 is 0 Å². The monoisotopic (exact) mass is 404 g/mol. The Morgan fingerprint density at radius 1 is 1.32 bits per heavy atom. The molecule has 0 radical (unpaired) electrons. The number of hydrogen-bond acceptors (Lipinski definition) is 4. The molecule has 8 heteroatoms. The van der Waals surface area contributed by atoms with E-state index in [1.807, 2.05) is 13.0 Å². The zero-order valence-electron chi connectivity index (χ0n) is 14.8. The van der Waals surface area contributed by atoms with Gasteiger partial charge < -0.3 is 10.1 Å². The van der Waals surface area contributed by atoms with Gasteiger partial charge >= 0.3 is 6.18 Å². The van der Waals surface area contributed by atoms with Gasteiger partial charge in [0.05, 0.1) is 22.6 Å². The normalized spacial score (nSPS) is 15.4. The van der Waals surface area contributed by atoms with Crippen molar-refractivity contribution in [3.63, 3.8) is 0 Å². The SMILES string of the molecule is Cc1sc2cnccc2c1NC(=O)C=C1CCOc2cc(C(F)(F)F)ccc21. The van der Waals surface area contributed by atoms with Gasteiger partial charge in [0.15, 0.2) is 0 Å². The molecule has 4 rings (SSSR count). The number of anilines is 1. The number of alkyl halides is 3. The number of carbonyl (C=O) groups is 1. The van der Waals surface area contributed by atoms with E-state index in [0.29, 0.717) is 17.6 Å². The fourth-order valence-electron chi connectivity index (χ4n) is 3.19. The Balaban J connectivity index is 1.63. The van der Waals surface area contributed by atoms with E-state index in [1.165, 1.54) is 23.5 Å². The first-order valence-corrected chi connectivity index (χ1v) is 9.33. The second-order valence-corrected chi connectivity index (χ2v) is 7.63. The fraction of sp³-hybridized carbons (Fsp3) is 0.200. The minimum Gasteiger partial charge on any atom is -0.493 e. The number of thiophene rings is 1. The highest BCUT2D eigenvalue weighted by molar-refractivity contribution is 7.19. The summed E-state index contributed by atoms with van der Waals surface area (Å²) in [6.45, 7) is 2.13. The quantitative estimate of drug-likeness (QED) is 0.580. The van der Waals surface area contributed by atoms with Crippen LogP contribution in [0.1, 0.15) is 22.4 Å². The van der Waals surface area contributed by atoms with Gasteiger partial charge in [0, 0.05) is 40.7 Å². The third-order valence-corrected chi connectivity index (χ3v) is 5.56. The summed E-state index contributed by atoms with van der Waals surface area (Å²) in [7, 11) is 0. The van der Waals surface area contributed by atoms with Crippen molar-refractivity contribution >= 4 is 38.6 Å². The fourth-order valence-corrected chi connectivity index (χ4v) is 4.17. The summed E-state index contributed by atoms with van der Waals surface area (Å²) in [6, 6.07) is 5.17. The van der Waals surface area contributed by atoms with Gasteiger partial charge in [-0.25, -0.2) is 0 Å². The van der Waals surface area contributed by atoms with Crippen LogP contribution >= 0.6 is 11.3 Å². The molecule has 4 nitrogen and oxygen atoms in total. The topological polar surface area (TPSA) is 51.2 Å². The maximum absolute atomic E-state index is 12.9. The van der Waals surface area contributed by atoms with E-state index in [-0.39, 0.29) is 18.3 Å². The number of halogens is 3. The molecule has 1 N–H and O–H groups in total. The highest BCUT2D eigenvalue weighted by Crippen LogP contribution is 2.39. The van der Waals surface area contributed by atoms with Crippen molar-refractivity contribution < 1.29 is 22.7 Å². The number of ether oxygens (including phenoxy) is 1. The van der Waals surface area contributed by atoms with Gasteiger partial charge in [0.1, 0.15) is 5.75 Å². The Morgan fingerprint density at radius 3 is 2.93 bits per heavy atom. The molecule has 0 saturated carbocycles. The molecule has 0 aliphatic carbocycles.